The van der Waals surface area contributed by atoms with Crippen molar-refractivity contribution in [2.45, 2.75) is 18.9 Å². The number of nitrogens with zero attached hydrogens (tertiary/aromatic N) is 2. The molecule has 3 aromatic carbocycles. The van der Waals surface area contributed by atoms with Crippen LogP contribution in [0, 0.1) is 0 Å². The Hall–Kier alpha value is -4.43. The lowest BCUT2D eigenvalue weighted by Crippen LogP contribution is -2.38. The van der Waals surface area contributed by atoms with Gasteiger partial charge in [-0.05, 0) is 53.8 Å². The van der Waals surface area contributed by atoms with E-state index in [-0.39, 0.29) is 11.6 Å². The van der Waals surface area contributed by atoms with Gasteiger partial charge in [-0.2, -0.15) is 0 Å². The SMILES string of the molecule is COC(=O)c1ccc(C2C3=C(N=c4sc(=Cc5cccc(OC)c5OC)c(=O)n42)c2ccccc2CC3)cc1. The Morgan fingerprint density at radius 1 is 0.974 bits per heavy atom. The molecule has 0 saturated carbocycles. The van der Waals surface area contributed by atoms with Crippen LogP contribution in [0.3, 0.4) is 0 Å². The van der Waals surface area contributed by atoms with E-state index in [1.54, 1.807) is 30.9 Å². The summed E-state index contributed by atoms with van der Waals surface area (Å²) in [5.41, 5.74) is 6.36. The number of rotatable bonds is 5. The smallest absolute Gasteiger partial charge is 0.337 e. The molecule has 196 valence electrons. The zero-order valence-corrected chi connectivity index (χ0v) is 22.6. The van der Waals surface area contributed by atoms with E-state index in [1.165, 1.54) is 24.0 Å². The van der Waals surface area contributed by atoms with Gasteiger partial charge < -0.3 is 14.2 Å². The summed E-state index contributed by atoms with van der Waals surface area (Å²) in [5.74, 6) is 0.757. The molecule has 1 aliphatic carbocycles. The second-order valence-corrected chi connectivity index (χ2v) is 10.3. The molecule has 0 spiro atoms. The van der Waals surface area contributed by atoms with Gasteiger partial charge in [0, 0.05) is 11.1 Å². The number of aromatic nitrogens is 1. The molecule has 0 saturated heterocycles. The quantitative estimate of drug-likeness (QED) is 0.357. The van der Waals surface area contributed by atoms with Crippen LogP contribution in [0.4, 0.5) is 0 Å². The number of fused-ring (bicyclic) bond motifs is 3. The van der Waals surface area contributed by atoms with Crippen molar-refractivity contribution in [3.05, 3.63) is 120 Å². The fraction of sp³-hybridized carbons (Fsp3) is 0.194. The predicted octanol–water partition coefficient (Wildman–Crippen LogP) is 4.12. The Bertz CT molecular complexity index is 1810. The van der Waals surface area contributed by atoms with Gasteiger partial charge >= 0.3 is 5.97 Å². The van der Waals surface area contributed by atoms with Crippen LogP contribution in [0.5, 0.6) is 11.5 Å². The van der Waals surface area contributed by atoms with Crippen LogP contribution < -0.4 is 24.4 Å². The van der Waals surface area contributed by atoms with Gasteiger partial charge in [-0.25, -0.2) is 9.79 Å². The van der Waals surface area contributed by atoms with E-state index in [0.717, 1.165) is 40.8 Å². The predicted molar refractivity (Wildman–Crippen MR) is 150 cm³/mol. The van der Waals surface area contributed by atoms with E-state index in [0.29, 0.717) is 26.4 Å². The summed E-state index contributed by atoms with van der Waals surface area (Å²) in [4.78, 5) is 31.8. The average molecular weight is 539 g/mol. The molecule has 0 bridgehead atoms. The molecule has 7 nitrogen and oxygen atoms in total. The molecule has 0 amide bonds. The van der Waals surface area contributed by atoms with Gasteiger partial charge in [-0.1, -0.05) is 59.9 Å². The maximum absolute atomic E-state index is 14.0. The van der Waals surface area contributed by atoms with Crippen molar-refractivity contribution in [2.75, 3.05) is 21.3 Å². The van der Waals surface area contributed by atoms with Crippen molar-refractivity contribution >= 4 is 29.1 Å². The minimum atomic E-state index is -0.399. The van der Waals surface area contributed by atoms with Gasteiger partial charge in [0.2, 0.25) is 0 Å². The number of methoxy groups -OCH3 is 3. The fourth-order valence-corrected chi connectivity index (χ4v) is 6.40. The molecule has 8 heteroatoms. The first-order valence-electron chi connectivity index (χ1n) is 12.6. The molecule has 0 radical (unpaired) electrons. The summed E-state index contributed by atoms with van der Waals surface area (Å²) in [6.45, 7) is 0. The van der Waals surface area contributed by atoms with Crippen molar-refractivity contribution in [3.63, 3.8) is 0 Å². The molecule has 6 rings (SSSR count). The molecule has 0 fully saturated rings. The highest BCUT2D eigenvalue weighted by Gasteiger charge is 2.32. The molecule has 4 aromatic rings. The number of aryl methyl sites for hydroxylation is 1. The molecule has 2 heterocycles. The Kier molecular flexibility index (Phi) is 6.40. The highest BCUT2D eigenvalue weighted by Crippen LogP contribution is 2.41. The number of hydrogen-bond acceptors (Lipinski definition) is 7. The van der Waals surface area contributed by atoms with Crippen molar-refractivity contribution in [2.24, 2.45) is 4.99 Å². The molecular weight excluding hydrogens is 512 g/mol. The molecule has 1 atom stereocenters. The number of thiazole rings is 1. The van der Waals surface area contributed by atoms with Gasteiger partial charge in [-0.15, -0.1) is 0 Å². The van der Waals surface area contributed by atoms with E-state index in [9.17, 15) is 9.59 Å². The molecule has 1 aromatic heterocycles. The van der Waals surface area contributed by atoms with Crippen molar-refractivity contribution in [1.82, 2.24) is 4.57 Å². The van der Waals surface area contributed by atoms with Crippen LogP contribution in [0.25, 0.3) is 11.8 Å². The number of carbonyl (C=O) groups is 1. The van der Waals surface area contributed by atoms with Crippen LogP contribution in [0.1, 0.15) is 45.1 Å². The lowest BCUT2D eigenvalue weighted by atomic mass is 9.83. The van der Waals surface area contributed by atoms with Gasteiger partial charge in [0.15, 0.2) is 16.3 Å². The standard InChI is InChI=1S/C31H26N2O5S/c1-36-24-10-6-8-21(28(24)37-2)17-25-29(34)33-27(19-11-13-20(14-12-19)30(35)38-3)23-16-15-18-7-4-5-9-22(18)26(23)32-31(33)39-25/h4-14,17,27H,15-16H2,1-3H3. The second-order valence-electron chi connectivity index (χ2n) is 9.31. The number of para-hydroxylation sites is 1. The lowest BCUT2D eigenvalue weighted by molar-refractivity contribution is 0.0600. The molecular formula is C31H26N2O5S. The molecule has 2 aliphatic rings. The number of allylic oxidation sites excluding steroid dienone is 1. The molecule has 1 aliphatic heterocycles. The minimum absolute atomic E-state index is 0.129. The Balaban J connectivity index is 1.59. The van der Waals surface area contributed by atoms with Crippen LogP contribution in [-0.4, -0.2) is 31.9 Å². The molecule has 1 unspecified atom stereocenters. The summed E-state index contributed by atoms with van der Waals surface area (Å²) >= 11 is 1.35. The summed E-state index contributed by atoms with van der Waals surface area (Å²) in [6.07, 6.45) is 3.48. The zero-order valence-electron chi connectivity index (χ0n) is 21.8. The van der Waals surface area contributed by atoms with E-state index in [4.69, 9.17) is 19.2 Å². The van der Waals surface area contributed by atoms with Crippen molar-refractivity contribution < 1.29 is 19.0 Å². The van der Waals surface area contributed by atoms with Gasteiger partial charge in [-0.3, -0.25) is 9.36 Å². The normalized spacial score (nSPS) is 16.1. The highest BCUT2D eigenvalue weighted by molar-refractivity contribution is 7.07. The minimum Gasteiger partial charge on any atom is -0.493 e. The van der Waals surface area contributed by atoms with Crippen LogP contribution in [0.2, 0.25) is 0 Å². The topological polar surface area (TPSA) is 79.1 Å². The van der Waals surface area contributed by atoms with E-state index in [2.05, 4.69) is 12.1 Å². The monoisotopic (exact) mass is 538 g/mol. The second kappa shape index (κ2) is 10.0. The summed E-state index contributed by atoms with van der Waals surface area (Å²) in [5, 5.41) is 0. The number of benzene rings is 3. The first-order chi connectivity index (χ1) is 19.0. The van der Waals surface area contributed by atoms with E-state index >= 15 is 0 Å². The number of carbonyl (C=O) groups excluding carboxylic acids is 1. The Morgan fingerprint density at radius 2 is 1.77 bits per heavy atom. The third-order valence-corrected chi connectivity index (χ3v) is 8.22. The first kappa shape index (κ1) is 24.9. The number of esters is 1. The van der Waals surface area contributed by atoms with E-state index < -0.39 is 5.97 Å². The average Bonchev–Trinajstić information content (AvgIpc) is 3.29. The Labute approximate surface area is 228 Å². The first-order valence-corrected chi connectivity index (χ1v) is 13.4. The Morgan fingerprint density at radius 3 is 2.51 bits per heavy atom. The summed E-state index contributed by atoms with van der Waals surface area (Å²) < 4.78 is 18.3. The zero-order chi connectivity index (χ0) is 27.1. The van der Waals surface area contributed by atoms with Gasteiger partial charge in [0.1, 0.15) is 0 Å². The van der Waals surface area contributed by atoms with Crippen LogP contribution in [-0.2, 0) is 11.2 Å². The van der Waals surface area contributed by atoms with Crippen LogP contribution >= 0.6 is 11.3 Å². The largest absolute Gasteiger partial charge is 0.493 e. The number of ether oxygens (including phenoxy) is 3. The fourth-order valence-electron chi connectivity index (χ4n) is 5.41. The molecule has 0 N–H and O–H groups in total. The van der Waals surface area contributed by atoms with Crippen molar-refractivity contribution in [3.8, 4) is 11.5 Å². The highest BCUT2D eigenvalue weighted by atomic mass is 32.1. The maximum atomic E-state index is 14.0. The molecule has 39 heavy (non-hydrogen) atoms. The van der Waals surface area contributed by atoms with Crippen molar-refractivity contribution in [1.29, 1.82) is 0 Å². The van der Waals surface area contributed by atoms with Crippen LogP contribution in [0.15, 0.2) is 82.1 Å². The van der Waals surface area contributed by atoms with Gasteiger partial charge in [0.25, 0.3) is 5.56 Å². The summed E-state index contributed by atoms with van der Waals surface area (Å²) in [7, 11) is 4.53. The van der Waals surface area contributed by atoms with Gasteiger partial charge in [0.05, 0.1) is 43.2 Å². The maximum Gasteiger partial charge on any atom is 0.337 e. The summed E-state index contributed by atoms with van der Waals surface area (Å²) in [6, 6.07) is 20.8. The lowest BCUT2D eigenvalue weighted by Gasteiger charge is -2.30. The third kappa shape index (κ3) is 4.17. The third-order valence-electron chi connectivity index (χ3n) is 7.24. The number of hydrogen-bond donors (Lipinski definition) is 0. The van der Waals surface area contributed by atoms with E-state index in [1.807, 2.05) is 48.5 Å².